The zero-order chi connectivity index (χ0) is 13.8. The number of hydrogen-bond donors (Lipinski definition) is 2. The summed E-state index contributed by atoms with van der Waals surface area (Å²) in [6, 6.07) is 5.78. The van der Waals surface area contributed by atoms with Crippen molar-refractivity contribution in [2.24, 2.45) is 5.92 Å². The van der Waals surface area contributed by atoms with Gasteiger partial charge in [0.05, 0.1) is 5.56 Å². The minimum Gasteiger partial charge on any atom is -0.478 e. The molecule has 1 aliphatic carbocycles. The molecule has 1 fully saturated rings. The van der Waals surface area contributed by atoms with Gasteiger partial charge in [-0.05, 0) is 43.4 Å². The van der Waals surface area contributed by atoms with E-state index in [1.165, 1.54) is 19.3 Å². The molecule has 0 aliphatic heterocycles. The fourth-order valence-corrected chi connectivity index (χ4v) is 3.03. The van der Waals surface area contributed by atoms with E-state index in [1.807, 2.05) is 12.1 Å². The molecule has 0 heterocycles. The molecule has 1 aliphatic rings. The van der Waals surface area contributed by atoms with Crippen molar-refractivity contribution in [2.75, 3.05) is 5.32 Å². The number of carboxylic acid groups (broad SMARTS) is 1. The van der Waals surface area contributed by atoms with Gasteiger partial charge in [-0.1, -0.05) is 35.7 Å². The highest BCUT2D eigenvalue weighted by Crippen LogP contribution is 2.27. The van der Waals surface area contributed by atoms with Gasteiger partial charge in [0.25, 0.3) is 0 Å². The molecule has 2 atom stereocenters. The first-order chi connectivity index (χ1) is 9.06. The SMILES string of the molecule is CC1CCCC(Nc2ccc(Br)cc2C(=O)O)CC1. The summed E-state index contributed by atoms with van der Waals surface area (Å²) >= 11 is 3.32. The van der Waals surface area contributed by atoms with E-state index in [1.54, 1.807) is 6.07 Å². The molecule has 2 unspecified atom stereocenters. The maximum Gasteiger partial charge on any atom is 0.337 e. The molecule has 1 aromatic carbocycles. The van der Waals surface area contributed by atoms with Gasteiger partial charge in [0.1, 0.15) is 0 Å². The van der Waals surface area contributed by atoms with Gasteiger partial charge in [-0.25, -0.2) is 4.79 Å². The van der Waals surface area contributed by atoms with Crippen LogP contribution in [0.1, 0.15) is 49.4 Å². The molecule has 19 heavy (non-hydrogen) atoms. The Labute approximate surface area is 122 Å². The number of aromatic carboxylic acids is 1. The number of halogens is 1. The van der Waals surface area contributed by atoms with Gasteiger partial charge in [0, 0.05) is 16.2 Å². The van der Waals surface area contributed by atoms with Crippen LogP contribution in [0.15, 0.2) is 22.7 Å². The van der Waals surface area contributed by atoms with Crippen molar-refractivity contribution < 1.29 is 9.90 Å². The third-order valence-corrected chi connectivity index (χ3v) is 4.32. The summed E-state index contributed by atoms with van der Waals surface area (Å²) in [6.07, 6.45) is 5.97. The molecular formula is C15H20BrNO2. The lowest BCUT2D eigenvalue weighted by molar-refractivity contribution is 0.0698. The summed E-state index contributed by atoms with van der Waals surface area (Å²) < 4.78 is 0.796. The molecule has 0 bridgehead atoms. The minimum absolute atomic E-state index is 0.340. The Kier molecular flexibility index (Phi) is 4.86. The van der Waals surface area contributed by atoms with Crippen molar-refractivity contribution in [3.8, 4) is 0 Å². The lowest BCUT2D eigenvalue weighted by Gasteiger charge is -2.19. The number of benzene rings is 1. The predicted octanol–water partition coefficient (Wildman–Crippen LogP) is 4.53. The number of anilines is 1. The fraction of sp³-hybridized carbons (Fsp3) is 0.533. The molecule has 2 N–H and O–H groups in total. The van der Waals surface area contributed by atoms with Gasteiger partial charge in [-0.15, -0.1) is 0 Å². The van der Waals surface area contributed by atoms with E-state index in [-0.39, 0.29) is 0 Å². The van der Waals surface area contributed by atoms with Crippen LogP contribution in [0.5, 0.6) is 0 Å². The van der Waals surface area contributed by atoms with Gasteiger partial charge < -0.3 is 10.4 Å². The Balaban J connectivity index is 2.12. The van der Waals surface area contributed by atoms with Gasteiger partial charge in [0.15, 0.2) is 0 Å². The van der Waals surface area contributed by atoms with Crippen molar-refractivity contribution in [1.29, 1.82) is 0 Å². The van der Waals surface area contributed by atoms with Crippen LogP contribution < -0.4 is 5.32 Å². The van der Waals surface area contributed by atoms with Crippen molar-refractivity contribution in [1.82, 2.24) is 0 Å². The standard InChI is InChI=1S/C15H20BrNO2/c1-10-3-2-4-12(7-5-10)17-14-8-6-11(16)9-13(14)15(18)19/h6,8-10,12,17H,2-5,7H2,1H3,(H,18,19). The van der Waals surface area contributed by atoms with Crippen molar-refractivity contribution >= 4 is 27.6 Å². The molecule has 1 aromatic rings. The summed E-state index contributed by atoms with van der Waals surface area (Å²) in [6.45, 7) is 2.30. The molecule has 0 amide bonds. The van der Waals surface area contributed by atoms with Crippen LogP contribution >= 0.6 is 15.9 Å². The lowest BCUT2D eigenvalue weighted by Crippen LogP contribution is -2.20. The number of carbonyl (C=O) groups is 1. The Hall–Kier alpha value is -1.03. The average molecular weight is 326 g/mol. The van der Waals surface area contributed by atoms with Crippen LogP contribution in [0.4, 0.5) is 5.69 Å². The molecule has 0 aromatic heterocycles. The predicted molar refractivity (Wildman–Crippen MR) is 80.8 cm³/mol. The van der Waals surface area contributed by atoms with Gasteiger partial charge in [-0.3, -0.25) is 0 Å². The molecule has 0 spiro atoms. The summed E-state index contributed by atoms with van der Waals surface area (Å²) in [7, 11) is 0. The summed E-state index contributed by atoms with van der Waals surface area (Å²) in [4.78, 5) is 11.3. The largest absolute Gasteiger partial charge is 0.478 e. The van der Waals surface area contributed by atoms with Crippen LogP contribution in [0.2, 0.25) is 0 Å². The van der Waals surface area contributed by atoms with Crippen LogP contribution in [0.25, 0.3) is 0 Å². The maximum atomic E-state index is 11.3. The summed E-state index contributed by atoms with van der Waals surface area (Å²) in [5, 5.41) is 12.7. The normalized spacial score (nSPS) is 23.7. The first-order valence-electron chi connectivity index (χ1n) is 6.85. The Morgan fingerprint density at radius 1 is 1.32 bits per heavy atom. The average Bonchev–Trinajstić information content (AvgIpc) is 2.56. The molecular weight excluding hydrogens is 306 g/mol. The molecule has 0 saturated heterocycles. The second-order valence-electron chi connectivity index (χ2n) is 5.45. The second kappa shape index (κ2) is 6.42. The third kappa shape index (κ3) is 3.96. The lowest BCUT2D eigenvalue weighted by atomic mass is 10.0. The quantitative estimate of drug-likeness (QED) is 0.803. The number of rotatable bonds is 3. The zero-order valence-corrected chi connectivity index (χ0v) is 12.7. The van der Waals surface area contributed by atoms with E-state index in [0.717, 1.165) is 28.9 Å². The van der Waals surface area contributed by atoms with Gasteiger partial charge in [-0.2, -0.15) is 0 Å². The molecule has 2 rings (SSSR count). The van der Waals surface area contributed by atoms with E-state index >= 15 is 0 Å². The fourth-order valence-electron chi connectivity index (χ4n) is 2.67. The maximum absolute atomic E-state index is 11.3. The van der Waals surface area contributed by atoms with Crippen molar-refractivity contribution in [3.05, 3.63) is 28.2 Å². The number of nitrogens with one attached hydrogen (secondary N) is 1. The zero-order valence-electron chi connectivity index (χ0n) is 11.2. The molecule has 1 saturated carbocycles. The minimum atomic E-state index is -0.884. The Bertz CT molecular complexity index is 461. The smallest absolute Gasteiger partial charge is 0.337 e. The van der Waals surface area contributed by atoms with E-state index in [9.17, 15) is 9.90 Å². The number of carboxylic acids is 1. The van der Waals surface area contributed by atoms with Crippen molar-refractivity contribution in [3.63, 3.8) is 0 Å². The van der Waals surface area contributed by atoms with Crippen LogP contribution in [-0.4, -0.2) is 17.1 Å². The number of hydrogen-bond acceptors (Lipinski definition) is 2. The van der Waals surface area contributed by atoms with Crippen molar-refractivity contribution in [2.45, 2.75) is 45.1 Å². The highest BCUT2D eigenvalue weighted by Gasteiger charge is 2.18. The Morgan fingerprint density at radius 2 is 2.11 bits per heavy atom. The van der Waals surface area contributed by atoms with Crippen LogP contribution in [0, 0.1) is 5.92 Å². The van der Waals surface area contributed by atoms with E-state index in [4.69, 9.17) is 0 Å². The summed E-state index contributed by atoms with van der Waals surface area (Å²) in [5.74, 6) is -0.0959. The molecule has 3 nitrogen and oxygen atoms in total. The topological polar surface area (TPSA) is 49.3 Å². The monoisotopic (exact) mass is 325 g/mol. The van der Waals surface area contributed by atoms with Gasteiger partial charge >= 0.3 is 5.97 Å². The van der Waals surface area contributed by atoms with E-state index < -0.39 is 5.97 Å². The van der Waals surface area contributed by atoms with Crippen LogP contribution in [-0.2, 0) is 0 Å². The first kappa shape index (κ1) is 14.4. The first-order valence-corrected chi connectivity index (χ1v) is 7.65. The van der Waals surface area contributed by atoms with E-state index in [2.05, 4.69) is 28.2 Å². The highest BCUT2D eigenvalue weighted by atomic mass is 79.9. The highest BCUT2D eigenvalue weighted by molar-refractivity contribution is 9.10. The third-order valence-electron chi connectivity index (χ3n) is 3.83. The molecule has 104 valence electrons. The van der Waals surface area contributed by atoms with Crippen LogP contribution in [0.3, 0.4) is 0 Å². The molecule has 4 heteroatoms. The second-order valence-corrected chi connectivity index (χ2v) is 6.37. The van der Waals surface area contributed by atoms with Gasteiger partial charge in [0.2, 0.25) is 0 Å². The summed E-state index contributed by atoms with van der Waals surface area (Å²) in [5.41, 5.74) is 1.07. The Morgan fingerprint density at radius 3 is 2.84 bits per heavy atom. The molecule has 0 radical (unpaired) electrons. The van der Waals surface area contributed by atoms with E-state index in [0.29, 0.717) is 11.6 Å².